The lowest BCUT2D eigenvalue weighted by molar-refractivity contribution is -0.116. The number of nitrogens with one attached hydrogen (secondary N) is 2. The van der Waals surface area contributed by atoms with Gasteiger partial charge in [-0.05, 0) is 44.0 Å². The summed E-state index contributed by atoms with van der Waals surface area (Å²) < 4.78 is 29.5. The molecule has 0 atom stereocenters. The number of carbonyl (C=O) groups excluding carboxylic acids is 2. The topological polar surface area (TPSA) is 110 Å². The number of anilines is 1. The van der Waals surface area contributed by atoms with Crippen molar-refractivity contribution in [3.8, 4) is 0 Å². The molecule has 0 radical (unpaired) electrons. The maximum atomic E-state index is 12.6. The van der Waals surface area contributed by atoms with Gasteiger partial charge in [-0.3, -0.25) is 14.9 Å². The van der Waals surface area contributed by atoms with Crippen LogP contribution in [0.4, 0.5) is 5.95 Å². The van der Waals surface area contributed by atoms with E-state index < -0.39 is 10.0 Å². The third kappa shape index (κ3) is 5.31. The van der Waals surface area contributed by atoms with Gasteiger partial charge in [0.05, 0.1) is 15.9 Å². The second-order valence-electron chi connectivity index (χ2n) is 8.36. The summed E-state index contributed by atoms with van der Waals surface area (Å²) in [7, 11) is -3.78. The number of para-hydroxylation sites is 2. The lowest BCUT2D eigenvalue weighted by atomic mass is 9.95. The molecule has 0 aliphatic heterocycles. The number of ketones is 1. The van der Waals surface area contributed by atoms with Gasteiger partial charge in [0.25, 0.3) is 0 Å². The van der Waals surface area contributed by atoms with Gasteiger partial charge in [0, 0.05) is 24.6 Å². The first-order valence-corrected chi connectivity index (χ1v) is 12.7. The van der Waals surface area contributed by atoms with Crippen LogP contribution < -0.4 is 10.0 Å². The number of amides is 1. The lowest BCUT2D eigenvalue weighted by Crippen LogP contribution is -2.28. The third-order valence-corrected chi connectivity index (χ3v) is 7.48. The Kier molecular flexibility index (Phi) is 6.90. The van der Waals surface area contributed by atoms with Gasteiger partial charge in [-0.25, -0.2) is 18.1 Å². The van der Waals surface area contributed by atoms with Crippen LogP contribution in [-0.4, -0.2) is 36.2 Å². The zero-order chi connectivity index (χ0) is 23.4. The fourth-order valence-corrected chi connectivity index (χ4v) is 5.31. The Labute approximate surface area is 193 Å². The highest BCUT2D eigenvalue weighted by molar-refractivity contribution is 7.89. The van der Waals surface area contributed by atoms with Crippen molar-refractivity contribution in [1.29, 1.82) is 0 Å². The third-order valence-electron chi connectivity index (χ3n) is 6.00. The quantitative estimate of drug-likeness (QED) is 0.485. The van der Waals surface area contributed by atoms with E-state index in [1.165, 1.54) is 37.6 Å². The fraction of sp³-hybridized carbons (Fsp3) is 0.375. The first-order valence-electron chi connectivity index (χ1n) is 11.2. The molecular weight excluding hydrogens is 440 g/mol. The van der Waals surface area contributed by atoms with Gasteiger partial charge in [0.1, 0.15) is 0 Å². The number of nitrogens with zero attached hydrogens (tertiary/aromatic N) is 2. The largest absolute Gasteiger partial charge is 0.307 e. The van der Waals surface area contributed by atoms with E-state index >= 15 is 0 Å². The van der Waals surface area contributed by atoms with Crippen LogP contribution in [0.5, 0.6) is 0 Å². The lowest BCUT2D eigenvalue weighted by Gasteiger charge is -2.25. The minimum absolute atomic E-state index is 0.0291. The summed E-state index contributed by atoms with van der Waals surface area (Å²) in [6, 6.07) is 13.8. The highest BCUT2D eigenvalue weighted by Gasteiger charge is 2.22. The predicted octanol–water partition coefficient (Wildman–Crippen LogP) is 4.05. The van der Waals surface area contributed by atoms with E-state index in [4.69, 9.17) is 0 Å². The molecule has 0 saturated heterocycles. The predicted molar refractivity (Wildman–Crippen MR) is 127 cm³/mol. The second kappa shape index (κ2) is 9.84. The van der Waals surface area contributed by atoms with Gasteiger partial charge in [0.2, 0.25) is 21.9 Å². The van der Waals surface area contributed by atoms with Gasteiger partial charge in [0.15, 0.2) is 5.78 Å². The molecule has 1 fully saturated rings. The number of sulfonamides is 1. The van der Waals surface area contributed by atoms with Crippen LogP contribution in [0.3, 0.4) is 0 Å². The summed E-state index contributed by atoms with van der Waals surface area (Å²) in [6.45, 7) is 1.37. The van der Waals surface area contributed by atoms with E-state index in [-0.39, 0.29) is 35.6 Å². The Balaban J connectivity index is 1.41. The molecule has 2 aromatic carbocycles. The molecule has 33 heavy (non-hydrogen) atoms. The van der Waals surface area contributed by atoms with Gasteiger partial charge in [-0.1, -0.05) is 43.5 Å². The average molecular weight is 469 g/mol. The standard InChI is InChI=1S/C24H28N4O4S/c1-17(29)18-11-13-20(14-12-18)33(31,32)25-16-15-23(30)27-24-26-21-9-5-6-10-22(21)28(24)19-7-3-2-4-8-19/h5-6,9-14,19,25H,2-4,7-8,15-16H2,1H3,(H,26,27,30). The molecule has 1 saturated carbocycles. The molecule has 8 nitrogen and oxygen atoms in total. The molecule has 2 N–H and O–H groups in total. The summed E-state index contributed by atoms with van der Waals surface area (Å²) >= 11 is 0. The molecule has 174 valence electrons. The number of hydrogen-bond acceptors (Lipinski definition) is 5. The molecule has 0 bridgehead atoms. The highest BCUT2D eigenvalue weighted by Crippen LogP contribution is 2.34. The summed E-state index contributed by atoms with van der Waals surface area (Å²) in [5, 5.41) is 2.88. The molecule has 9 heteroatoms. The smallest absolute Gasteiger partial charge is 0.240 e. The minimum Gasteiger partial charge on any atom is -0.307 e. The second-order valence-corrected chi connectivity index (χ2v) is 10.1. The van der Waals surface area contributed by atoms with Gasteiger partial charge in [-0.15, -0.1) is 0 Å². The monoisotopic (exact) mass is 468 g/mol. The molecule has 1 aromatic heterocycles. The van der Waals surface area contributed by atoms with Crippen molar-refractivity contribution in [2.75, 3.05) is 11.9 Å². The molecule has 0 spiro atoms. The van der Waals surface area contributed by atoms with E-state index in [9.17, 15) is 18.0 Å². The zero-order valence-electron chi connectivity index (χ0n) is 18.6. The molecule has 0 unspecified atom stereocenters. The number of Topliss-reactive ketones (excluding diaryl/α,β-unsaturated/α-hetero) is 1. The number of carbonyl (C=O) groups is 2. The van der Waals surface area contributed by atoms with Crippen molar-refractivity contribution >= 4 is 38.7 Å². The van der Waals surface area contributed by atoms with Crippen molar-refractivity contribution in [2.24, 2.45) is 0 Å². The Hall–Kier alpha value is -3.04. The number of aromatic nitrogens is 2. The van der Waals surface area contributed by atoms with E-state index in [2.05, 4.69) is 19.6 Å². The summed E-state index contributed by atoms with van der Waals surface area (Å²) in [6.07, 6.45) is 5.59. The summed E-state index contributed by atoms with van der Waals surface area (Å²) in [4.78, 5) is 28.7. The Morgan fingerprint density at radius 1 is 1.03 bits per heavy atom. The Morgan fingerprint density at radius 2 is 1.73 bits per heavy atom. The van der Waals surface area contributed by atoms with E-state index in [1.807, 2.05) is 24.3 Å². The van der Waals surface area contributed by atoms with Crippen LogP contribution in [0.1, 0.15) is 61.8 Å². The van der Waals surface area contributed by atoms with Crippen molar-refractivity contribution < 1.29 is 18.0 Å². The molecule has 1 heterocycles. The number of benzene rings is 2. The number of rotatable bonds is 8. The van der Waals surface area contributed by atoms with Crippen LogP contribution in [0.25, 0.3) is 11.0 Å². The van der Waals surface area contributed by atoms with E-state index in [0.717, 1.165) is 36.7 Å². The van der Waals surface area contributed by atoms with Gasteiger partial charge >= 0.3 is 0 Å². The fourth-order valence-electron chi connectivity index (χ4n) is 4.28. The molecule has 1 aliphatic rings. The SMILES string of the molecule is CC(=O)c1ccc(S(=O)(=O)NCCC(=O)Nc2nc3ccccc3n2C2CCCCC2)cc1. The Bertz CT molecular complexity index is 1260. The molecular formula is C24H28N4O4S. The molecule has 1 aliphatic carbocycles. The number of imidazole rings is 1. The van der Waals surface area contributed by atoms with Crippen LogP contribution in [0, 0.1) is 0 Å². The molecule has 3 aromatic rings. The van der Waals surface area contributed by atoms with Crippen molar-refractivity contribution in [3.05, 3.63) is 54.1 Å². The summed E-state index contributed by atoms with van der Waals surface area (Å²) in [5.41, 5.74) is 2.26. The average Bonchev–Trinajstić information content (AvgIpc) is 3.17. The molecule has 4 rings (SSSR count). The van der Waals surface area contributed by atoms with Gasteiger partial charge in [-0.2, -0.15) is 0 Å². The minimum atomic E-state index is -3.78. The van der Waals surface area contributed by atoms with Crippen LogP contribution in [-0.2, 0) is 14.8 Å². The van der Waals surface area contributed by atoms with Crippen LogP contribution in [0.15, 0.2) is 53.4 Å². The first kappa shape index (κ1) is 23.1. The van der Waals surface area contributed by atoms with E-state index in [1.54, 1.807) is 0 Å². The number of hydrogen-bond donors (Lipinski definition) is 2. The van der Waals surface area contributed by atoms with Crippen molar-refractivity contribution in [1.82, 2.24) is 14.3 Å². The molecule has 1 amide bonds. The highest BCUT2D eigenvalue weighted by atomic mass is 32.2. The Morgan fingerprint density at radius 3 is 2.42 bits per heavy atom. The maximum absolute atomic E-state index is 12.6. The zero-order valence-corrected chi connectivity index (χ0v) is 19.4. The van der Waals surface area contributed by atoms with Crippen LogP contribution >= 0.6 is 0 Å². The first-order chi connectivity index (χ1) is 15.8. The summed E-state index contributed by atoms with van der Waals surface area (Å²) in [5.74, 6) is 0.0654. The van der Waals surface area contributed by atoms with E-state index in [0.29, 0.717) is 11.5 Å². The van der Waals surface area contributed by atoms with Gasteiger partial charge < -0.3 is 4.57 Å². The number of fused-ring (bicyclic) bond motifs is 1. The maximum Gasteiger partial charge on any atom is 0.240 e. The normalized spacial score (nSPS) is 14.9. The van der Waals surface area contributed by atoms with Crippen molar-refractivity contribution in [3.63, 3.8) is 0 Å². The van der Waals surface area contributed by atoms with Crippen molar-refractivity contribution in [2.45, 2.75) is 56.4 Å². The van der Waals surface area contributed by atoms with Crippen LogP contribution in [0.2, 0.25) is 0 Å².